The van der Waals surface area contributed by atoms with Crippen molar-refractivity contribution >= 4 is 6.03 Å². The number of carbonyl (C=O) groups is 1. The van der Waals surface area contributed by atoms with E-state index in [1.165, 1.54) is 17.0 Å². The van der Waals surface area contributed by atoms with Crippen LogP contribution in [0.3, 0.4) is 0 Å². The number of nitrogens with zero attached hydrogens (tertiary/aromatic N) is 1. The Balaban J connectivity index is 1.99. The van der Waals surface area contributed by atoms with Crippen molar-refractivity contribution in [1.29, 1.82) is 0 Å². The number of hydroxylamine groups is 1. The van der Waals surface area contributed by atoms with Crippen LogP contribution < -0.4 is 10.8 Å². The molecule has 0 aromatic heterocycles. The molecule has 1 heterocycles. The Morgan fingerprint density at radius 3 is 2.27 bits per heavy atom. The Morgan fingerprint density at radius 1 is 1.23 bits per heavy atom. The van der Waals surface area contributed by atoms with Gasteiger partial charge >= 0.3 is 12.2 Å². The summed E-state index contributed by atoms with van der Waals surface area (Å²) >= 11 is 0. The maximum absolute atomic E-state index is 12.6. The summed E-state index contributed by atoms with van der Waals surface area (Å²) in [6, 6.07) is 4.36. The number of hydrogen-bond acceptors (Lipinski definition) is 3. The normalized spacial score (nSPS) is 20.4. The summed E-state index contributed by atoms with van der Waals surface area (Å²) < 4.78 is 37.8. The summed E-state index contributed by atoms with van der Waals surface area (Å²) in [5.74, 6) is 0.714. The molecular weight excluding hydrogens is 347 g/mol. The molecule has 1 atom stereocenters. The second kappa shape index (κ2) is 6.83. The topological polar surface area (TPSA) is 53.6 Å². The standard InChI is InChI=1S/C18H24F3N3O2/c1-16(2,3)14-10-17(4,23-26-14)22-15(25)24(5)11-12-6-8-13(9-7-12)18(19,20)21/h6-10,23H,11H2,1-5H3,(H,22,25). The molecule has 1 aromatic carbocycles. The number of urea groups is 1. The van der Waals surface area contributed by atoms with Gasteiger partial charge in [0, 0.05) is 19.0 Å². The van der Waals surface area contributed by atoms with Gasteiger partial charge in [-0.3, -0.25) is 0 Å². The van der Waals surface area contributed by atoms with Crippen LogP contribution in [0.4, 0.5) is 18.0 Å². The average Bonchev–Trinajstić information content (AvgIpc) is 2.89. The van der Waals surface area contributed by atoms with Gasteiger partial charge in [-0.25, -0.2) is 4.79 Å². The van der Waals surface area contributed by atoms with Gasteiger partial charge < -0.3 is 15.1 Å². The minimum Gasteiger partial charge on any atom is -0.410 e. The molecule has 2 amide bonds. The van der Waals surface area contributed by atoms with Crippen LogP contribution in [0.2, 0.25) is 0 Å². The summed E-state index contributed by atoms with van der Waals surface area (Å²) in [5.41, 5.74) is 1.60. The maximum atomic E-state index is 12.6. The van der Waals surface area contributed by atoms with E-state index >= 15 is 0 Å². The molecular formula is C18H24F3N3O2. The van der Waals surface area contributed by atoms with Crippen molar-refractivity contribution < 1.29 is 22.8 Å². The van der Waals surface area contributed by atoms with E-state index in [0.717, 1.165) is 12.1 Å². The fourth-order valence-corrected chi connectivity index (χ4v) is 2.38. The number of allylic oxidation sites excluding steroid dienone is 1. The fourth-order valence-electron chi connectivity index (χ4n) is 2.38. The number of alkyl halides is 3. The smallest absolute Gasteiger partial charge is 0.410 e. The van der Waals surface area contributed by atoms with E-state index < -0.39 is 17.4 Å². The van der Waals surface area contributed by atoms with Crippen LogP contribution in [0.25, 0.3) is 0 Å². The molecule has 2 N–H and O–H groups in total. The minimum atomic E-state index is -4.37. The zero-order valence-electron chi connectivity index (χ0n) is 15.5. The highest BCUT2D eigenvalue weighted by atomic mass is 19.4. The molecule has 1 aromatic rings. The average molecular weight is 371 g/mol. The van der Waals surface area contributed by atoms with Crippen LogP contribution >= 0.6 is 0 Å². The number of hydrogen-bond donors (Lipinski definition) is 2. The van der Waals surface area contributed by atoms with E-state index in [1.807, 2.05) is 20.8 Å². The van der Waals surface area contributed by atoms with E-state index in [1.54, 1.807) is 20.0 Å². The fraction of sp³-hybridized carbons (Fsp3) is 0.500. The Morgan fingerprint density at radius 2 is 1.81 bits per heavy atom. The van der Waals surface area contributed by atoms with E-state index in [0.29, 0.717) is 11.3 Å². The lowest BCUT2D eigenvalue weighted by atomic mass is 9.92. The molecule has 0 saturated heterocycles. The van der Waals surface area contributed by atoms with Crippen molar-refractivity contribution in [2.45, 2.75) is 46.1 Å². The van der Waals surface area contributed by atoms with Gasteiger partial charge in [0.25, 0.3) is 0 Å². The summed E-state index contributed by atoms with van der Waals surface area (Å²) in [6.45, 7) is 7.91. The van der Waals surface area contributed by atoms with Gasteiger partial charge in [0.2, 0.25) is 0 Å². The van der Waals surface area contributed by atoms with Gasteiger partial charge in [0.05, 0.1) is 5.56 Å². The van der Waals surface area contributed by atoms with Gasteiger partial charge in [0.15, 0.2) is 0 Å². The molecule has 1 aliphatic rings. The molecule has 0 bridgehead atoms. The van der Waals surface area contributed by atoms with Crippen LogP contribution in [0.5, 0.6) is 0 Å². The summed E-state index contributed by atoms with van der Waals surface area (Å²) in [6.07, 6.45) is -2.57. The van der Waals surface area contributed by atoms with Gasteiger partial charge in [-0.1, -0.05) is 32.9 Å². The quantitative estimate of drug-likeness (QED) is 0.844. The monoisotopic (exact) mass is 371 g/mol. The number of carbonyl (C=O) groups excluding carboxylic acids is 1. The number of nitrogens with one attached hydrogen (secondary N) is 2. The molecule has 0 aliphatic carbocycles. The van der Waals surface area contributed by atoms with Crippen molar-refractivity contribution in [3.63, 3.8) is 0 Å². The van der Waals surface area contributed by atoms with Crippen molar-refractivity contribution in [2.24, 2.45) is 5.41 Å². The Bertz CT molecular complexity index is 693. The molecule has 26 heavy (non-hydrogen) atoms. The molecule has 0 saturated carbocycles. The number of halogens is 3. The zero-order chi connectivity index (χ0) is 19.8. The van der Waals surface area contributed by atoms with Gasteiger partial charge in [-0.15, -0.1) is 5.48 Å². The minimum absolute atomic E-state index is 0.177. The van der Waals surface area contributed by atoms with E-state index in [-0.39, 0.29) is 18.0 Å². The van der Waals surface area contributed by atoms with E-state index in [9.17, 15) is 18.0 Å². The second-order valence-electron chi connectivity index (χ2n) is 7.65. The lowest BCUT2D eigenvalue weighted by Crippen LogP contribution is -2.55. The number of amides is 2. The third kappa shape index (κ3) is 4.91. The van der Waals surface area contributed by atoms with Crippen LogP contribution in [-0.4, -0.2) is 23.6 Å². The van der Waals surface area contributed by atoms with E-state index in [2.05, 4.69) is 10.8 Å². The van der Waals surface area contributed by atoms with Crippen LogP contribution in [0.1, 0.15) is 38.8 Å². The molecule has 1 unspecified atom stereocenters. The molecule has 5 nitrogen and oxygen atoms in total. The molecule has 0 fully saturated rings. The molecule has 2 rings (SSSR count). The lowest BCUT2D eigenvalue weighted by molar-refractivity contribution is -0.137. The third-order valence-corrected chi connectivity index (χ3v) is 3.95. The molecule has 8 heteroatoms. The Labute approximate surface area is 151 Å². The Hall–Kier alpha value is -2.22. The molecule has 1 aliphatic heterocycles. The first kappa shape index (κ1) is 20.1. The summed E-state index contributed by atoms with van der Waals surface area (Å²) in [5, 5.41) is 2.81. The van der Waals surface area contributed by atoms with Gasteiger partial charge in [0.1, 0.15) is 11.4 Å². The van der Waals surface area contributed by atoms with Crippen molar-refractivity contribution in [3.8, 4) is 0 Å². The largest absolute Gasteiger partial charge is 0.416 e. The van der Waals surface area contributed by atoms with Gasteiger partial charge in [-0.2, -0.15) is 13.2 Å². The van der Waals surface area contributed by atoms with Crippen LogP contribution in [0, 0.1) is 5.41 Å². The highest BCUT2D eigenvalue weighted by Crippen LogP contribution is 2.31. The number of rotatable bonds is 3. The van der Waals surface area contributed by atoms with Crippen molar-refractivity contribution in [1.82, 2.24) is 15.7 Å². The summed E-state index contributed by atoms with van der Waals surface area (Å²) in [7, 11) is 1.57. The van der Waals surface area contributed by atoms with Crippen molar-refractivity contribution in [3.05, 3.63) is 47.2 Å². The molecule has 0 radical (unpaired) electrons. The summed E-state index contributed by atoms with van der Waals surface area (Å²) in [4.78, 5) is 19.2. The van der Waals surface area contributed by atoms with Crippen LogP contribution in [-0.2, 0) is 17.6 Å². The lowest BCUT2D eigenvalue weighted by Gasteiger charge is -2.26. The first-order valence-corrected chi connectivity index (χ1v) is 8.17. The zero-order valence-corrected chi connectivity index (χ0v) is 15.5. The first-order valence-electron chi connectivity index (χ1n) is 8.17. The Kier molecular flexibility index (Phi) is 5.28. The number of benzene rings is 1. The molecule has 0 spiro atoms. The van der Waals surface area contributed by atoms with E-state index in [4.69, 9.17) is 4.84 Å². The predicted octanol–water partition coefficient (Wildman–Crippen LogP) is 4.03. The van der Waals surface area contributed by atoms with Crippen LogP contribution in [0.15, 0.2) is 36.1 Å². The van der Waals surface area contributed by atoms with Crippen molar-refractivity contribution in [2.75, 3.05) is 7.05 Å². The second-order valence-corrected chi connectivity index (χ2v) is 7.65. The maximum Gasteiger partial charge on any atom is 0.416 e. The van der Waals surface area contributed by atoms with Gasteiger partial charge in [-0.05, 0) is 30.7 Å². The predicted molar refractivity (Wildman–Crippen MR) is 91.6 cm³/mol. The highest BCUT2D eigenvalue weighted by molar-refractivity contribution is 5.75. The third-order valence-electron chi connectivity index (χ3n) is 3.95. The highest BCUT2D eigenvalue weighted by Gasteiger charge is 2.36. The SMILES string of the molecule is CN(Cc1ccc(C(F)(F)F)cc1)C(=O)NC1(C)C=C(C(C)(C)C)ON1. The first-order chi connectivity index (χ1) is 11.8. The molecule has 144 valence electrons.